The Morgan fingerprint density at radius 1 is 1.28 bits per heavy atom. The van der Waals surface area contributed by atoms with Crippen LogP contribution in [-0.2, 0) is 4.74 Å². The van der Waals surface area contributed by atoms with Gasteiger partial charge in [0.05, 0.1) is 25.0 Å². The summed E-state index contributed by atoms with van der Waals surface area (Å²) in [6.45, 7) is 6.96. The van der Waals surface area contributed by atoms with E-state index in [-0.39, 0.29) is 6.04 Å². The van der Waals surface area contributed by atoms with E-state index in [4.69, 9.17) is 14.1 Å². The molecule has 2 aliphatic heterocycles. The van der Waals surface area contributed by atoms with Gasteiger partial charge in [0.1, 0.15) is 5.76 Å². The molecule has 2 N–H and O–H groups in total. The molecule has 4 atom stereocenters. The third-order valence-electron chi connectivity index (χ3n) is 7.80. The van der Waals surface area contributed by atoms with Gasteiger partial charge in [0.15, 0.2) is 5.96 Å². The summed E-state index contributed by atoms with van der Waals surface area (Å²) in [6, 6.07) is 4.83. The lowest BCUT2D eigenvalue weighted by molar-refractivity contribution is -0.171. The Kier molecular flexibility index (Phi) is 5.57. The maximum atomic E-state index is 6.09. The third kappa shape index (κ3) is 3.48. The van der Waals surface area contributed by atoms with Crippen molar-refractivity contribution >= 4 is 5.96 Å². The molecule has 0 bridgehead atoms. The van der Waals surface area contributed by atoms with Crippen molar-refractivity contribution in [2.75, 3.05) is 32.8 Å². The van der Waals surface area contributed by atoms with Crippen molar-refractivity contribution in [2.24, 2.45) is 16.3 Å². The van der Waals surface area contributed by atoms with Gasteiger partial charge < -0.3 is 19.8 Å². The first-order valence-corrected chi connectivity index (χ1v) is 11.8. The average Bonchev–Trinajstić information content (AvgIpc) is 3.37. The first kappa shape index (κ1) is 19.4. The molecular weight excluding hydrogens is 364 g/mol. The van der Waals surface area contributed by atoms with Crippen LogP contribution in [0.25, 0.3) is 0 Å². The van der Waals surface area contributed by atoms with Gasteiger partial charge in [-0.1, -0.05) is 12.8 Å². The summed E-state index contributed by atoms with van der Waals surface area (Å²) in [4.78, 5) is 7.61. The SMILES string of the molecule is CCNC(=NCC(c1ccco1)N1CCCCC1)NC1C2CCOC2C12CCC2. The lowest BCUT2D eigenvalue weighted by atomic mass is 9.46. The van der Waals surface area contributed by atoms with Crippen LogP contribution in [0.4, 0.5) is 0 Å². The number of aliphatic imine (C=N–C) groups is 1. The molecular formula is C23H36N4O2. The molecule has 2 saturated carbocycles. The third-order valence-corrected chi connectivity index (χ3v) is 7.80. The van der Waals surface area contributed by atoms with Crippen LogP contribution in [0.15, 0.2) is 27.8 Å². The molecule has 160 valence electrons. The van der Waals surface area contributed by atoms with Crippen molar-refractivity contribution in [3.05, 3.63) is 24.2 Å². The maximum Gasteiger partial charge on any atom is 0.191 e. The van der Waals surface area contributed by atoms with E-state index in [1.54, 1.807) is 6.26 Å². The molecule has 2 aliphatic carbocycles. The number of piperidine rings is 1. The summed E-state index contributed by atoms with van der Waals surface area (Å²) in [5, 5.41) is 7.33. The van der Waals surface area contributed by atoms with Crippen LogP contribution in [0.5, 0.6) is 0 Å². The average molecular weight is 401 g/mol. The van der Waals surface area contributed by atoms with Crippen molar-refractivity contribution in [1.29, 1.82) is 0 Å². The van der Waals surface area contributed by atoms with Crippen LogP contribution >= 0.6 is 0 Å². The lowest BCUT2D eigenvalue weighted by Gasteiger charge is -2.63. The van der Waals surface area contributed by atoms with Crippen LogP contribution in [0.3, 0.4) is 0 Å². The zero-order valence-electron chi connectivity index (χ0n) is 17.7. The summed E-state index contributed by atoms with van der Waals surface area (Å²) in [6.07, 6.45) is 11.3. The van der Waals surface area contributed by atoms with E-state index in [2.05, 4.69) is 28.5 Å². The summed E-state index contributed by atoms with van der Waals surface area (Å²) in [5.41, 5.74) is 0.366. The lowest BCUT2D eigenvalue weighted by Crippen LogP contribution is -2.72. The summed E-state index contributed by atoms with van der Waals surface area (Å²) < 4.78 is 11.9. The van der Waals surface area contributed by atoms with Crippen molar-refractivity contribution in [2.45, 2.75) is 70.1 Å². The summed E-state index contributed by atoms with van der Waals surface area (Å²) in [7, 11) is 0. The Balaban J connectivity index is 1.30. The van der Waals surface area contributed by atoms with Crippen molar-refractivity contribution in [3.63, 3.8) is 0 Å². The largest absolute Gasteiger partial charge is 0.468 e. The molecule has 0 radical (unpaired) electrons. The molecule has 1 aromatic heterocycles. The smallest absolute Gasteiger partial charge is 0.191 e. The number of nitrogens with zero attached hydrogens (tertiary/aromatic N) is 2. The van der Waals surface area contributed by atoms with Crippen LogP contribution < -0.4 is 10.6 Å². The van der Waals surface area contributed by atoms with E-state index in [1.165, 1.54) is 44.9 Å². The molecule has 2 saturated heterocycles. The van der Waals surface area contributed by atoms with Gasteiger partial charge in [0.2, 0.25) is 0 Å². The van der Waals surface area contributed by atoms with Crippen molar-refractivity contribution in [3.8, 4) is 0 Å². The fraction of sp³-hybridized carbons (Fsp3) is 0.783. The Hall–Kier alpha value is -1.53. The van der Waals surface area contributed by atoms with Gasteiger partial charge in [0.25, 0.3) is 0 Å². The molecule has 6 nitrogen and oxygen atoms in total. The highest BCUT2D eigenvalue weighted by Crippen LogP contribution is 2.62. The number of likely N-dealkylation sites (tertiary alicyclic amines) is 1. The minimum Gasteiger partial charge on any atom is -0.468 e. The quantitative estimate of drug-likeness (QED) is 0.567. The minimum atomic E-state index is 0.224. The Bertz CT molecular complexity index is 694. The molecule has 5 rings (SSSR count). The predicted molar refractivity (Wildman–Crippen MR) is 114 cm³/mol. The van der Waals surface area contributed by atoms with E-state index in [9.17, 15) is 0 Å². The van der Waals surface area contributed by atoms with Crippen LogP contribution in [0.1, 0.15) is 63.7 Å². The summed E-state index contributed by atoms with van der Waals surface area (Å²) >= 11 is 0. The second-order valence-electron chi connectivity index (χ2n) is 9.30. The number of ether oxygens (including phenoxy) is 1. The number of fused-ring (bicyclic) bond motifs is 2. The van der Waals surface area contributed by atoms with E-state index in [1.807, 2.05) is 6.07 Å². The zero-order chi connectivity index (χ0) is 19.7. The Morgan fingerprint density at radius 2 is 2.14 bits per heavy atom. The molecule has 6 heteroatoms. The van der Waals surface area contributed by atoms with Crippen LogP contribution in [-0.4, -0.2) is 55.8 Å². The van der Waals surface area contributed by atoms with Gasteiger partial charge >= 0.3 is 0 Å². The highest BCUT2D eigenvalue weighted by molar-refractivity contribution is 5.80. The Morgan fingerprint density at radius 3 is 2.83 bits per heavy atom. The number of nitrogens with one attached hydrogen (secondary N) is 2. The predicted octanol–water partition coefficient (Wildman–Crippen LogP) is 3.32. The number of furan rings is 1. The first-order chi connectivity index (χ1) is 14.3. The van der Waals surface area contributed by atoms with Crippen molar-refractivity contribution in [1.82, 2.24) is 15.5 Å². The fourth-order valence-electron chi connectivity index (χ4n) is 6.20. The van der Waals surface area contributed by atoms with Gasteiger partial charge in [-0.2, -0.15) is 0 Å². The van der Waals surface area contributed by atoms with E-state index in [0.29, 0.717) is 23.5 Å². The maximum absolute atomic E-state index is 6.09. The number of hydrogen-bond donors (Lipinski definition) is 2. The first-order valence-electron chi connectivity index (χ1n) is 11.8. The van der Waals surface area contributed by atoms with Gasteiger partial charge in [-0.25, -0.2) is 0 Å². The van der Waals surface area contributed by atoms with E-state index >= 15 is 0 Å². The molecule has 1 aromatic rings. The minimum absolute atomic E-state index is 0.224. The highest BCUT2D eigenvalue weighted by atomic mass is 16.5. The zero-order valence-corrected chi connectivity index (χ0v) is 17.7. The second-order valence-corrected chi connectivity index (χ2v) is 9.30. The van der Waals surface area contributed by atoms with Gasteiger partial charge in [0, 0.05) is 30.5 Å². The topological polar surface area (TPSA) is 62.0 Å². The monoisotopic (exact) mass is 400 g/mol. The van der Waals surface area contributed by atoms with Gasteiger partial charge in [-0.05, 0) is 64.3 Å². The number of hydrogen-bond acceptors (Lipinski definition) is 4. The second kappa shape index (κ2) is 8.31. The fourth-order valence-corrected chi connectivity index (χ4v) is 6.20. The molecule has 0 aromatic carbocycles. The normalized spacial score (nSPS) is 32.3. The number of rotatable bonds is 6. The van der Waals surface area contributed by atoms with Crippen molar-refractivity contribution < 1.29 is 9.15 Å². The van der Waals surface area contributed by atoms with Crippen LogP contribution in [0, 0.1) is 11.3 Å². The number of guanidine groups is 1. The molecule has 29 heavy (non-hydrogen) atoms. The molecule has 3 heterocycles. The van der Waals surface area contributed by atoms with Gasteiger partial charge in [-0.3, -0.25) is 9.89 Å². The molecule has 4 fully saturated rings. The molecule has 0 amide bonds. The van der Waals surface area contributed by atoms with E-state index < -0.39 is 0 Å². The standard InChI is InChI=1S/C23H36N4O2/c1-2-24-22(26-20-17-9-15-29-21(17)23(20)10-7-11-23)25-16-18(19-8-6-14-28-19)27-12-4-3-5-13-27/h6,8,14,17-18,20-21H,2-5,7,9-13,15-16H2,1H3,(H2,24,25,26). The van der Waals surface area contributed by atoms with Crippen LogP contribution in [0.2, 0.25) is 0 Å². The molecule has 4 unspecified atom stereocenters. The van der Waals surface area contributed by atoms with E-state index in [0.717, 1.165) is 44.5 Å². The Labute approximate surface area is 174 Å². The molecule has 4 aliphatic rings. The van der Waals surface area contributed by atoms with Gasteiger partial charge in [-0.15, -0.1) is 0 Å². The highest BCUT2D eigenvalue weighted by Gasteiger charge is 2.66. The summed E-state index contributed by atoms with van der Waals surface area (Å²) in [5.74, 6) is 2.65. The molecule has 1 spiro atoms.